The number of rotatable bonds is 10. The number of carbonyl (C=O) groups is 4. The van der Waals surface area contributed by atoms with Crippen molar-refractivity contribution < 1.29 is 33.4 Å². The lowest BCUT2D eigenvalue weighted by Gasteiger charge is -2.29. The van der Waals surface area contributed by atoms with E-state index in [9.17, 15) is 19.2 Å². The van der Waals surface area contributed by atoms with E-state index in [1.807, 2.05) is 86.6 Å². The lowest BCUT2D eigenvalue weighted by atomic mass is 10.0. The van der Waals surface area contributed by atoms with Crippen LogP contribution in [0, 0.1) is 17.8 Å². The van der Waals surface area contributed by atoms with Crippen LogP contribution in [0.15, 0.2) is 85.1 Å². The smallest absolute Gasteiger partial charge is 0.408 e. The Morgan fingerprint density at radius 1 is 0.773 bits per heavy atom. The molecule has 3 saturated heterocycles. The molecule has 3 aromatic heterocycles. The van der Waals surface area contributed by atoms with Crippen LogP contribution < -0.4 is 10.6 Å². The lowest BCUT2D eigenvalue weighted by Crippen LogP contribution is -2.51. The van der Waals surface area contributed by atoms with Crippen molar-refractivity contribution in [3.63, 3.8) is 0 Å². The summed E-state index contributed by atoms with van der Waals surface area (Å²) >= 11 is 0. The summed E-state index contributed by atoms with van der Waals surface area (Å²) in [7, 11) is 1.28. The second-order valence-corrected chi connectivity index (χ2v) is 17.3. The highest BCUT2D eigenvalue weighted by atomic mass is 16.6. The first-order valence-corrected chi connectivity index (χ1v) is 22.6. The molecule has 340 valence electrons. The number of H-pyrrole nitrogens is 2. The predicted octanol–water partition coefficient (Wildman–Crippen LogP) is 7.26. The summed E-state index contributed by atoms with van der Waals surface area (Å²) < 4.78 is 15.9. The fourth-order valence-corrected chi connectivity index (χ4v) is 9.12. The summed E-state index contributed by atoms with van der Waals surface area (Å²) in [6.07, 6.45) is 4.65. The number of aromatic amines is 2. The number of nitrogens with zero attached hydrogens (tertiary/aromatic N) is 5. The number of pyridine rings is 1. The van der Waals surface area contributed by atoms with Gasteiger partial charge in [-0.15, -0.1) is 0 Å². The van der Waals surface area contributed by atoms with E-state index < -0.39 is 24.3 Å². The topological polar surface area (TPSA) is 197 Å². The molecule has 6 heterocycles. The number of hydrogen-bond donors (Lipinski definition) is 4. The molecule has 3 aromatic carbocycles. The zero-order chi connectivity index (χ0) is 45.7. The van der Waals surface area contributed by atoms with Gasteiger partial charge in [0.1, 0.15) is 35.5 Å². The van der Waals surface area contributed by atoms with E-state index in [4.69, 9.17) is 29.2 Å². The van der Waals surface area contributed by atoms with Crippen LogP contribution in [0.3, 0.4) is 0 Å². The van der Waals surface area contributed by atoms with E-state index in [0.29, 0.717) is 62.1 Å². The maximum Gasteiger partial charge on any atom is 0.408 e. The van der Waals surface area contributed by atoms with Crippen molar-refractivity contribution in [2.75, 3.05) is 33.4 Å². The third kappa shape index (κ3) is 9.57. The highest BCUT2D eigenvalue weighted by Gasteiger charge is 2.39. The molecule has 6 aromatic rings. The van der Waals surface area contributed by atoms with E-state index >= 15 is 0 Å². The van der Waals surface area contributed by atoms with Crippen LogP contribution in [-0.2, 0) is 23.8 Å². The summed E-state index contributed by atoms with van der Waals surface area (Å²) in [5, 5.41) is 6.49. The molecule has 0 spiro atoms. The fraction of sp³-hybridized carbons (Fsp3) is 0.380. The Kier molecular flexibility index (Phi) is 13.0. The largest absolute Gasteiger partial charge is 0.453 e. The SMILES string of the molecule is COC(=O)NC(C(=O)N1CCCC1c1nc2ccc(C#Cc3ccc4cc(-c5cnc(C6CCCN6C(=O)C(NC(=O)OC6CCOCC6)c6ccccc6)[nH]5)ccc4n3)cc2[nH]1)C(C)C. The normalized spacial score (nSPS) is 18.5. The Bertz CT molecular complexity index is 2810. The van der Waals surface area contributed by atoms with Crippen LogP contribution in [-0.4, -0.2) is 104 Å². The van der Waals surface area contributed by atoms with Crippen molar-refractivity contribution >= 4 is 45.9 Å². The summed E-state index contributed by atoms with van der Waals surface area (Å²) in [5.74, 6) is 7.34. The molecule has 4 amide bonds. The third-order valence-corrected chi connectivity index (χ3v) is 12.6. The molecule has 0 aliphatic carbocycles. The Hall–Kier alpha value is -7.25. The van der Waals surface area contributed by atoms with Crippen molar-refractivity contribution in [3.05, 3.63) is 114 Å². The molecule has 4 atom stereocenters. The van der Waals surface area contributed by atoms with Gasteiger partial charge in [-0.3, -0.25) is 9.59 Å². The number of likely N-dealkylation sites (tertiary alicyclic amines) is 2. The number of amides is 4. The summed E-state index contributed by atoms with van der Waals surface area (Å²) in [6.45, 7) is 5.97. The minimum absolute atomic E-state index is 0.122. The second-order valence-electron chi connectivity index (χ2n) is 17.3. The van der Waals surface area contributed by atoms with Crippen molar-refractivity contribution in [2.24, 2.45) is 5.92 Å². The maximum absolute atomic E-state index is 14.3. The van der Waals surface area contributed by atoms with E-state index in [0.717, 1.165) is 64.4 Å². The first kappa shape index (κ1) is 44.0. The number of imidazole rings is 2. The number of benzene rings is 3. The Balaban J connectivity index is 0.868. The van der Waals surface area contributed by atoms with Crippen LogP contribution in [0.25, 0.3) is 33.2 Å². The van der Waals surface area contributed by atoms with Gasteiger partial charge in [0.25, 0.3) is 5.91 Å². The van der Waals surface area contributed by atoms with Gasteiger partial charge in [0.15, 0.2) is 0 Å². The number of hydrogen-bond acceptors (Lipinski definition) is 10. The van der Waals surface area contributed by atoms with E-state index in [1.54, 1.807) is 16.0 Å². The molecule has 0 bridgehead atoms. The van der Waals surface area contributed by atoms with Crippen LogP contribution >= 0.6 is 0 Å². The van der Waals surface area contributed by atoms with Crippen LogP contribution in [0.2, 0.25) is 0 Å². The standard InChI is InChI=1S/C50H53N9O7/c1-30(2)43(56-49(62)64-3)47(60)59-24-8-12-42(59)46-53-38-19-14-31(27-39(38)54-46)13-17-35-18-15-33-28-34(16-20-37(33)52-35)40-29-51-45(55-40)41-11-7-23-58(41)48(61)44(32-9-5-4-6-10-32)57-50(63)66-36-21-25-65-26-22-36/h4-6,9-10,14-16,18-20,27-30,36,41-44H,7-8,11-12,21-26H2,1-3H3,(H,51,55)(H,53,54)(H,56,62)(H,57,63). The molecule has 3 fully saturated rings. The molecule has 66 heavy (non-hydrogen) atoms. The van der Waals surface area contributed by atoms with E-state index in [1.165, 1.54) is 7.11 Å². The number of methoxy groups -OCH3 is 1. The highest BCUT2D eigenvalue weighted by molar-refractivity contribution is 5.88. The van der Waals surface area contributed by atoms with Gasteiger partial charge in [0.05, 0.1) is 60.8 Å². The van der Waals surface area contributed by atoms with Crippen molar-refractivity contribution in [2.45, 2.75) is 82.6 Å². The average molecular weight is 892 g/mol. The van der Waals surface area contributed by atoms with E-state index in [2.05, 4.69) is 38.5 Å². The van der Waals surface area contributed by atoms with E-state index in [-0.39, 0.29) is 35.9 Å². The average Bonchev–Trinajstić information content (AvgIpc) is 4.19. The Morgan fingerprint density at radius 3 is 2.27 bits per heavy atom. The Labute approximate surface area is 382 Å². The summed E-state index contributed by atoms with van der Waals surface area (Å²) in [4.78, 5) is 77.9. The molecule has 3 aliphatic heterocycles. The minimum atomic E-state index is -0.916. The number of ether oxygens (including phenoxy) is 3. The number of carbonyl (C=O) groups excluding carboxylic acids is 4. The fourth-order valence-electron chi connectivity index (χ4n) is 9.12. The zero-order valence-electron chi connectivity index (χ0n) is 37.2. The monoisotopic (exact) mass is 891 g/mol. The third-order valence-electron chi connectivity index (χ3n) is 12.6. The number of aromatic nitrogens is 5. The van der Waals surface area contributed by atoms with Gasteiger partial charge in [-0.25, -0.2) is 24.5 Å². The summed E-state index contributed by atoms with van der Waals surface area (Å²) in [6, 6.07) is 22.8. The molecule has 4 unspecified atom stereocenters. The van der Waals surface area contributed by atoms with Gasteiger partial charge in [0.2, 0.25) is 5.91 Å². The number of nitrogens with one attached hydrogen (secondary N) is 4. The van der Waals surface area contributed by atoms with Crippen LogP contribution in [0.1, 0.15) is 99.0 Å². The predicted molar refractivity (Wildman–Crippen MR) is 246 cm³/mol. The molecule has 9 rings (SSSR count). The molecular formula is C50H53N9O7. The minimum Gasteiger partial charge on any atom is -0.453 e. The van der Waals surface area contributed by atoms with Gasteiger partial charge in [-0.2, -0.15) is 0 Å². The first-order chi connectivity index (χ1) is 32.1. The molecule has 16 nitrogen and oxygen atoms in total. The molecule has 0 saturated carbocycles. The molecule has 16 heteroatoms. The van der Waals surface area contributed by atoms with Gasteiger partial charge in [0, 0.05) is 42.4 Å². The van der Waals surface area contributed by atoms with Crippen LogP contribution in [0.5, 0.6) is 0 Å². The lowest BCUT2D eigenvalue weighted by molar-refractivity contribution is -0.136. The van der Waals surface area contributed by atoms with Gasteiger partial charge in [-0.1, -0.05) is 56.2 Å². The van der Waals surface area contributed by atoms with Gasteiger partial charge >= 0.3 is 12.2 Å². The van der Waals surface area contributed by atoms with Gasteiger partial charge < -0.3 is 44.6 Å². The van der Waals surface area contributed by atoms with Crippen molar-refractivity contribution in [1.82, 2.24) is 45.4 Å². The highest BCUT2D eigenvalue weighted by Crippen LogP contribution is 2.35. The summed E-state index contributed by atoms with van der Waals surface area (Å²) in [5.41, 5.74) is 6.20. The number of alkyl carbamates (subject to hydrolysis) is 2. The zero-order valence-corrected chi connectivity index (χ0v) is 37.2. The first-order valence-electron chi connectivity index (χ1n) is 22.6. The molecule has 4 N–H and O–H groups in total. The quantitative estimate of drug-likeness (QED) is 0.102. The van der Waals surface area contributed by atoms with Crippen molar-refractivity contribution in [3.8, 4) is 23.1 Å². The van der Waals surface area contributed by atoms with Gasteiger partial charge in [-0.05, 0) is 85.5 Å². The molecule has 0 radical (unpaired) electrons. The maximum atomic E-state index is 14.3. The molecule has 3 aliphatic rings. The molecular weight excluding hydrogens is 839 g/mol. The Morgan fingerprint density at radius 2 is 1.52 bits per heavy atom. The van der Waals surface area contributed by atoms with Crippen LogP contribution in [0.4, 0.5) is 9.59 Å². The van der Waals surface area contributed by atoms with Crippen molar-refractivity contribution in [1.29, 1.82) is 0 Å². The second kappa shape index (κ2) is 19.5. The number of fused-ring (bicyclic) bond motifs is 2.